The van der Waals surface area contributed by atoms with Crippen LogP contribution in [0.15, 0.2) is 60.2 Å². The third-order valence-corrected chi connectivity index (χ3v) is 7.64. The van der Waals surface area contributed by atoms with E-state index in [1.54, 1.807) is 42.5 Å². The number of aromatic nitrogens is 1. The van der Waals surface area contributed by atoms with E-state index in [9.17, 15) is 14.7 Å². The van der Waals surface area contributed by atoms with Crippen LogP contribution in [0.3, 0.4) is 0 Å². The van der Waals surface area contributed by atoms with Gasteiger partial charge < -0.3 is 19.3 Å². The highest BCUT2D eigenvalue weighted by molar-refractivity contribution is 7.22. The molecule has 1 aliphatic heterocycles. The largest absolute Gasteiger partial charge is 0.507 e. The summed E-state index contributed by atoms with van der Waals surface area (Å²) in [6.45, 7) is 6.33. The van der Waals surface area contributed by atoms with E-state index >= 15 is 0 Å². The van der Waals surface area contributed by atoms with Crippen LogP contribution < -0.4 is 19.1 Å². The summed E-state index contributed by atoms with van der Waals surface area (Å²) in [4.78, 5) is 33.4. The summed E-state index contributed by atoms with van der Waals surface area (Å²) in [5.41, 5.74) is 3.58. The van der Waals surface area contributed by atoms with Crippen molar-refractivity contribution >= 4 is 44.1 Å². The molecule has 5 rings (SSSR count). The fourth-order valence-corrected chi connectivity index (χ4v) is 6.04. The van der Waals surface area contributed by atoms with Gasteiger partial charge in [0.1, 0.15) is 29.0 Å². The lowest BCUT2D eigenvalue weighted by atomic mass is 9.94. The molecule has 3 aromatic carbocycles. The molecule has 0 unspecified atom stereocenters. The summed E-state index contributed by atoms with van der Waals surface area (Å²) in [6, 6.07) is 14.9. The molecule has 2 heterocycles. The Labute approximate surface area is 230 Å². The number of anilines is 1. The predicted molar refractivity (Wildman–Crippen MR) is 151 cm³/mol. The van der Waals surface area contributed by atoms with Crippen molar-refractivity contribution in [1.82, 2.24) is 4.98 Å². The van der Waals surface area contributed by atoms with Gasteiger partial charge in [-0.1, -0.05) is 17.4 Å². The van der Waals surface area contributed by atoms with Gasteiger partial charge >= 0.3 is 5.91 Å². The standard InChI is InChI=1S/C30H28N2O6S/c1-6-38-19-9-7-18(8-10-19)27(33)24-26(21-15-20(36-4)11-12-22(21)37-5)32(29(35)28(24)34)30-31-25-17(3)13-16(2)14-23(25)39-30/h7-15,26,33H,6H2,1-5H3/t26-/m0/s1. The number of ether oxygens (including phenoxy) is 3. The average Bonchev–Trinajstić information content (AvgIpc) is 3.46. The molecule has 1 amide bonds. The van der Waals surface area contributed by atoms with Gasteiger partial charge in [0, 0.05) is 11.1 Å². The van der Waals surface area contributed by atoms with Crippen LogP contribution in [-0.2, 0) is 9.59 Å². The number of hydrogen-bond acceptors (Lipinski definition) is 8. The van der Waals surface area contributed by atoms with Crippen LogP contribution in [0, 0.1) is 13.8 Å². The molecule has 1 aliphatic rings. The zero-order valence-corrected chi connectivity index (χ0v) is 23.1. The molecule has 1 aromatic heterocycles. The number of carbonyl (C=O) groups is 2. The number of aliphatic hydroxyl groups is 1. The maximum absolute atomic E-state index is 13.7. The molecule has 1 saturated heterocycles. The third-order valence-electron chi connectivity index (χ3n) is 6.64. The topological polar surface area (TPSA) is 98.2 Å². The van der Waals surface area contributed by atoms with E-state index in [0.29, 0.717) is 40.1 Å². The lowest BCUT2D eigenvalue weighted by Gasteiger charge is -2.25. The maximum Gasteiger partial charge on any atom is 0.301 e. The highest BCUT2D eigenvalue weighted by atomic mass is 32.1. The first kappa shape index (κ1) is 26.2. The molecule has 1 fully saturated rings. The highest BCUT2D eigenvalue weighted by Crippen LogP contribution is 2.47. The van der Waals surface area contributed by atoms with Crippen molar-refractivity contribution in [3.8, 4) is 17.2 Å². The SMILES string of the molecule is CCOc1ccc(C(O)=C2C(=O)C(=O)N(c3nc4c(C)cc(C)cc4s3)[C@H]2c2cc(OC)ccc2OC)cc1. The number of hydrogen-bond donors (Lipinski definition) is 1. The van der Waals surface area contributed by atoms with E-state index in [2.05, 4.69) is 0 Å². The third kappa shape index (κ3) is 4.59. The number of aryl methyl sites for hydroxylation is 2. The Hall–Kier alpha value is -4.37. The number of aliphatic hydroxyl groups excluding tert-OH is 1. The number of thiazole rings is 1. The molecule has 9 heteroatoms. The second-order valence-corrected chi connectivity index (χ2v) is 10.2. The van der Waals surface area contributed by atoms with Crippen molar-refractivity contribution in [2.75, 3.05) is 25.7 Å². The van der Waals surface area contributed by atoms with Gasteiger partial charge in [0.2, 0.25) is 0 Å². The number of Topliss-reactive ketones (excluding diaryl/α,β-unsaturated/α-hetero) is 1. The monoisotopic (exact) mass is 544 g/mol. The minimum Gasteiger partial charge on any atom is -0.507 e. The zero-order chi connectivity index (χ0) is 27.8. The number of amides is 1. The van der Waals surface area contributed by atoms with Crippen molar-refractivity contribution in [2.45, 2.75) is 26.8 Å². The quantitative estimate of drug-likeness (QED) is 0.174. The number of ketones is 1. The minimum atomic E-state index is -1.01. The first-order valence-electron chi connectivity index (χ1n) is 12.4. The van der Waals surface area contributed by atoms with Crippen molar-refractivity contribution in [1.29, 1.82) is 0 Å². The average molecular weight is 545 g/mol. The Balaban J connectivity index is 1.76. The second-order valence-electron chi connectivity index (χ2n) is 9.16. The number of rotatable bonds is 7. The Kier molecular flexibility index (Phi) is 7.01. The van der Waals surface area contributed by atoms with Gasteiger partial charge in [-0.25, -0.2) is 4.98 Å². The number of benzene rings is 3. The first-order chi connectivity index (χ1) is 18.8. The smallest absolute Gasteiger partial charge is 0.301 e. The van der Waals surface area contributed by atoms with Crippen molar-refractivity contribution in [2.24, 2.45) is 0 Å². The second kappa shape index (κ2) is 10.4. The van der Waals surface area contributed by atoms with Crippen LogP contribution in [0.1, 0.15) is 35.2 Å². The zero-order valence-electron chi connectivity index (χ0n) is 22.3. The number of carbonyl (C=O) groups excluding carboxylic acids is 2. The van der Waals surface area contributed by atoms with Gasteiger partial charge in [0.05, 0.1) is 36.6 Å². The van der Waals surface area contributed by atoms with Gasteiger partial charge in [0.15, 0.2) is 5.13 Å². The van der Waals surface area contributed by atoms with E-state index in [1.165, 1.54) is 30.5 Å². The van der Waals surface area contributed by atoms with Gasteiger partial charge in [-0.15, -0.1) is 0 Å². The Morgan fingerprint density at radius 2 is 1.72 bits per heavy atom. The summed E-state index contributed by atoms with van der Waals surface area (Å²) in [6.07, 6.45) is 0. The Morgan fingerprint density at radius 3 is 2.38 bits per heavy atom. The molecule has 0 radical (unpaired) electrons. The van der Waals surface area contributed by atoms with E-state index in [4.69, 9.17) is 19.2 Å². The van der Waals surface area contributed by atoms with Crippen molar-refractivity contribution in [3.05, 3.63) is 82.4 Å². The lowest BCUT2D eigenvalue weighted by molar-refractivity contribution is -0.132. The molecule has 0 aliphatic carbocycles. The summed E-state index contributed by atoms with van der Waals surface area (Å²) in [7, 11) is 3.04. The molecular formula is C30H28N2O6S. The summed E-state index contributed by atoms with van der Waals surface area (Å²) < 4.78 is 17.5. The maximum atomic E-state index is 13.7. The van der Waals surface area contributed by atoms with E-state index in [0.717, 1.165) is 21.3 Å². The van der Waals surface area contributed by atoms with Gasteiger partial charge in [-0.2, -0.15) is 0 Å². The molecule has 0 spiro atoms. The number of nitrogens with zero attached hydrogens (tertiary/aromatic N) is 2. The molecule has 39 heavy (non-hydrogen) atoms. The van der Waals surface area contributed by atoms with E-state index in [-0.39, 0.29) is 11.3 Å². The summed E-state index contributed by atoms with van der Waals surface area (Å²) in [5.74, 6) is -0.344. The van der Waals surface area contributed by atoms with Gasteiger partial charge in [-0.3, -0.25) is 14.5 Å². The van der Waals surface area contributed by atoms with Crippen LogP contribution in [0.5, 0.6) is 17.2 Å². The molecular weight excluding hydrogens is 516 g/mol. The Bertz CT molecular complexity index is 1620. The van der Waals surface area contributed by atoms with Crippen LogP contribution >= 0.6 is 11.3 Å². The lowest BCUT2D eigenvalue weighted by Crippen LogP contribution is -2.29. The van der Waals surface area contributed by atoms with Crippen molar-refractivity contribution in [3.63, 3.8) is 0 Å². The molecule has 1 N–H and O–H groups in total. The van der Waals surface area contributed by atoms with Crippen LogP contribution in [-0.4, -0.2) is 42.6 Å². The fraction of sp³-hybridized carbons (Fsp3) is 0.233. The predicted octanol–water partition coefficient (Wildman–Crippen LogP) is 5.96. The normalized spacial score (nSPS) is 16.6. The molecule has 200 valence electrons. The highest BCUT2D eigenvalue weighted by Gasteiger charge is 2.49. The van der Waals surface area contributed by atoms with Crippen LogP contribution in [0.25, 0.3) is 16.0 Å². The van der Waals surface area contributed by atoms with E-state index in [1.807, 2.05) is 32.9 Å². The van der Waals surface area contributed by atoms with Gasteiger partial charge in [0.25, 0.3) is 5.78 Å². The molecule has 0 saturated carbocycles. The first-order valence-corrected chi connectivity index (χ1v) is 13.2. The fourth-order valence-electron chi connectivity index (χ4n) is 4.87. The van der Waals surface area contributed by atoms with Crippen LogP contribution in [0.2, 0.25) is 0 Å². The summed E-state index contributed by atoms with van der Waals surface area (Å²) in [5, 5.41) is 11.8. The minimum absolute atomic E-state index is 0.0668. The van der Waals surface area contributed by atoms with E-state index < -0.39 is 17.7 Å². The van der Waals surface area contributed by atoms with Crippen LogP contribution in [0.4, 0.5) is 5.13 Å². The molecule has 0 bridgehead atoms. The number of fused-ring (bicyclic) bond motifs is 1. The molecule has 4 aromatic rings. The Morgan fingerprint density at radius 1 is 1.00 bits per heavy atom. The molecule has 1 atom stereocenters. The molecule has 8 nitrogen and oxygen atoms in total. The van der Waals surface area contributed by atoms with Crippen molar-refractivity contribution < 1.29 is 28.9 Å². The van der Waals surface area contributed by atoms with Gasteiger partial charge in [-0.05, 0) is 80.4 Å². The number of methoxy groups -OCH3 is 2. The summed E-state index contributed by atoms with van der Waals surface area (Å²) >= 11 is 1.32.